The highest BCUT2D eigenvalue weighted by atomic mass is 35.5. The first-order valence-corrected chi connectivity index (χ1v) is 5.51. The number of aromatic nitrogens is 3. The number of H-pyrrole nitrogens is 1. The maximum atomic E-state index is 11.3. The van der Waals surface area contributed by atoms with Crippen LogP contribution in [0.3, 0.4) is 0 Å². The van der Waals surface area contributed by atoms with E-state index in [0.717, 1.165) is 0 Å². The molecule has 6 nitrogen and oxygen atoms in total. The maximum absolute atomic E-state index is 11.3. The molecule has 0 aromatic carbocycles. The van der Waals surface area contributed by atoms with Crippen LogP contribution in [-0.2, 0) is 9.84 Å². The van der Waals surface area contributed by atoms with E-state index >= 15 is 0 Å². The number of aliphatic hydroxyl groups excluding tert-OH is 1. The van der Waals surface area contributed by atoms with Crippen molar-refractivity contribution in [2.75, 3.05) is 12.4 Å². The first-order valence-electron chi connectivity index (χ1n) is 3.48. The molecule has 0 aliphatic carbocycles. The van der Waals surface area contributed by atoms with Crippen LogP contribution in [0.15, 0.2) is 5.16 Å². The SMILES string of the molecule is O=S(=O)(CCCO)c1nc(Cl)n[nH]1. The number of hydrogen-bond acceptors (Lipinski definition) is 5. The van der Waals surface area contributed by atoms with Gasteiger partial charge < -0.3 is 5.11 Å². The highest BCUT2D eigenvalue weighted by Gasteiger charge is 2.18. The summed E-state index contributed by atoms with van der Waals surface area (Å²) in [7, 11) is -3.48. The Morgan fingerprint density at radius 1 is 1.54 bits per heavy atom. The second kappa shape index (κ2) is 4.03. The molecule has 1 aromatic heterocycles. The standard InChI is InChI=1S/C5H8ClN3O3S/c6-4-7-5(9-8-4)13(11,12)3-1-2-10/h10H,1-3H2,(H,7,8,9). The van der Waals surface area contributed by atoms with Crippen molar-refractivity contribution in [3.8, 4) is 0 Å². The molecule has 0 amide bonds. The fourth-order valence-corrected chi connectivity index (χ4v) is 2.01. The molecule has 2 N–H and O–H groups in total. The van der Waals surface area contributed by atoms with E-state index in [2.05, 4.69) is 15.2 Å². The molecule has 0 atom stereocenters. The van der Waals surface area contributed by atoms with Crippen LogP contribution >= 0.6 is 11.6 Å². The summed E-state index contributed by atoms with van der Waals surface area (Å²) in [5.74, 6) is -0.172. The summed E-state index contributed by atoms with van der Waals surface area (Å²) in [5.41, 5.74) is 0. The van der Waals surface area contributed by atoms with Gasteiger partial charge in [0.05, 0.1) is 5.75 Å². The van der Waals surface area contributed by atoms with E-state index in [1.54, 1.807) is 0 Å². The number of aromatic amines is 1. The summed E-state index contributed by atoms with van der Waals surface area (Å²) >= 11 is 5.33. The van der Waals surface area contributed by atoms with Crippen LogP contribution in [0.1, 0.15) is 6.42 Å². The number of aliphatic hydroxyl groups is 1. The molecule has 0 saturated carbocycles. The Kier molecular flexibility index (Phi) is 3.23. The van der Waals surface area contributed by atoms with Crippen molar-refractivity contribution in [3.63, 3.8) is 0 Å². The third kappa shape index (κ3) is 2.64. The second-order valence-electron chi connectivity index (χ2n) is 2.31. The van der Waals surface area contributed by atoms with Gasteiger partial charge in [0.2, 0.25) is 20.3 Å². The van der Waals surface area contributed by atoms with Gasteiger partial charge in [-0.25, -0.2) is 13.5 Å². The van der Waals surface area contributed by atoms with E-state index in [9.17, 15) is 8.42 Å². The lowest BCUT2D eigenvalue weighted by Gasteiger charge is -1.96. The van der Waals surface area contributed by atoms with Crippen molar-refractivity contribution in [3.05, 3.63) is 5.28 Å². The minimum Gasteiger partial charge on any atom is -0.396 e. The highest BCUT2D eigenvalue weighted by Crippen LogP contribution is 2.08. The third-order valence-corrected chi connectivity index (χ3v) is 3.07. The summed E-state index contributed by atoms with van der Waals surface area (Å²) in [5, 5.41) is 13.6. The first kappa shape index (κ1) is 10.4. The molecular formula is C5H8ClN3O3S. The van der Waals surface area contributed by atoms with Crippen LogP contribution in [0.25, 0.3) is 0 Å². The van der Waals surface area contributed by atoms with Crippen LogP contribution in [0, 0.1) is 0 Å². The molecule has 0 spiro atoms. The quantitative estimate of drug-likeness (QED) is 0.728. The predicted molar refractivity (Wildman–Crippen MR) is 45.1 cm³/mol. The van der Waals surface area contributed by atoms with E-state index in [0.29, 0.717) is 0 Å². The molecule has 1 rings (SSSR count). The number of sulfone groups is 1. The van der Waals surface area contributed by atoms with Gasteiger partial charge in [0.1, 0.15) is 0 Å². The van der Waals surface area contributed by atoms with E-state index in [4.69, 9.17) is 16.7 Å². The van der Waals surface area contributed by atoms with Gasteiger partial charge in [-0.15, -0.1) is 5.10 Å². The average Bonchev–Trinajstić information content (AvgIpc) is 2.49. The molecule has 1 heterocycles. The summed E-state index contributed by atoms with van der Waals surface area (Å²) in [6.45, 7) is -0.179. The molecule has 0 bridgehead atoms. The van der Waals surface area contributed by atoms with E-state index in [1.165, 1.54) is 0 Å². The number of nitrogens with one attached hydrogen (secondary N) is 1. The molecular weight excluding hydrogens is 218 g/mol. The summed E-state index contributed by atoms with van der Waals surface area (Å²) < 4.78 is 22.6. The van der Waals surface area contributed by atoms with Crippen molar-refractivity contribution in [1.29, 1.82) is 0 Å². The van der Waals surface area contributed by atoms with Crippen LogP contribution in [0.4, 0.5) is 0 Å². The Hall–Kier alpha value is -0.660. The van der Waals surface area contributed by atoms with Gasteiger partial charge >= 0.3 is 0 Å². The van der Waals surface area contributed by atoms with Crippen LogP contribution in [0.2, 0.25) is 5.28 Å². The van der Waals surface area contributed by atoms with E-state index in [-0.39, 0.29) is 29.2 Å². The molecule has 0 fully saturated rings. The molecule has 0 saturated heterocycles. The van der Waals surface area contributed by atoms with Crippen molar-refractivity contribution in [2.24, 2.45) is 0 Å². The maximum Gasteiger partial charge on any atom is 0.244 e. The zero-order valence-corrected chi connectivity index (χ0v) is 8.14. The number of rotatable bonds is 4. The minimum atomic E-state index is -3.48. The lowest BCUT2D eigenvalue weighted by atomic mass is 10.5. The van der Waals surface area contributed by atoms with Gasteiger partial charge in [0.15, 0.2) is 0 Å². The second-order valence-corrected chi connectivity index (χ2v) is 4.67. The van der Waals surface area contributed by atoms with Gasteiger partial charge in [0.25, 0.3) is 0 Å². The molecule has 8 heteroatoms. The Balaban J connectivity index is 2.82. The molecule has 0 unspecified atom stereocenters. The molecule has 13 heavy (non-hydrogen) atoms. The first-order chi connectivity index (χ1) is 6.06. The summed E-state index contributed by atoms with van der Waals surface area (Å²) in [6, 6.07) is 0. The Labute approximate surface area is 79.9 Å². The van der Waals surface area contributed by atoms with Gasteiger partial charge in [-0.2, -0.15) is 4.98 Å². The Morgan fingerprint density at radius 2 is 2.23 bits per heavy atom. The molecule has 0 aliphatic heterocycles. The van der Waals surface area contributed by atoms with Crippen LogP contribution in [-0.4, -0.2) is 41.1 Å². The minimum absolute atomic E-state index is 0.137. The van der Waals surface area contributed by atoms with Gasteiger partial charge in [0, 0.05) is 6.61 Å². The Morgan fingerprint density at radius 3 is 2.69 bits per heavy atom. The molecule has 0 aliphatic rings. The zero-order valence-electron chi connectivity index (χ0n) is 6.57. The predicted octanol–water partition coefficient (Wildman–Crippen LogP) is -0.386. The molecule has 0 radical (unpaired) electrons. The largest absolute Gasteiger partial charge is 0.396 e. The number of nitrogens with zero attached hydrogens (tertiary/aromatic N) is 2. The molecule has 1 aromatic rings. The van der Waals surface area contributed by atoms with Gasteiger partial charge in [-0.3, -0.25) is 0 Å². The normalized spacial score (nSPS) is 11.8. The number of hydrogen-bond donors (Lipinski definition) is 2. The highest BCUT2D eigenvalue weighted by molar-refractivity contribution is 7.91. The number of halogens is 1. The fourth-order valence-electron chi connectivity index (χ4n) is 0.718. The van der Waals surface area contributed by atoms with Crippen molar-refractivity contribution in [2.45, 2.75) is 11.6 Å². The zero-order chi connectivity index (χ0) is 9.90. The van der Waals surface area contributed by atoms with Crippen molar-refractivity contribution < 1.29 is 13.5 Å². The van der Waals surface area contributed by atoms with Crippen molar-refractivity contribution in [1.82, 2.24) is 15.2 Å². The smallest absolute Gasteiger partial charge is 0.244 e. The Bertz CT molecular complexity index is 374. The van der Waals surface area contributed by atoms with Crippen molar-refractivity contribution >= 4 is 21.4 Å². The van der Waals surface area contributed by atoms with Gasteiger partial charge in [-0.1, -0.05) is 0 Å². The van der Waals surface area contributed by atoms with Crippen LogP contribution in [0.5, 0.6) is 0 Å². The topological polar surface area (TPSA) is 95.9 Å². The van der Waals surface area contributed by atoms with Crippen LogP contribution < -0.4 is 0 Å². The summed E-state index contributed by atoms with van der Waals surface area (Å²) in [4.78, 5) is 3.46. The lowest BCUT2D eigenvalue weighted by Crippen LogP contribution is -2.10. The fraction of sp³-hybridized carbons (Fsp3) is 0.600. The van der Waals surface area contributed by atoms with E-state index in [1.807, 2.05) is 0 Å². The lowest BCUT2D eigenvalue weighted by molar-refractivity contribution is 0.295. The molecule has 74 valence electrons. The monoisotopic (exact) mass is 225 g/mol. The average molecular weight is 226 g/mol. The van der Waals surface area contributed by atoms with E-state index < -0.39 is 9.84 Å². The summed E-state index contributed by atoms with van der Waals surface area (Å²) in [6.07, 6.45) is 0.167. The van der Waals surface area contributed by atoms with Gasteiger partial charge in [-0.05, 0) is 18.0 Å². The third-order valence-electron chi connectivity index (χ3n) is 1.30.